The van der Waals surface area contributed by atoms with Crippen LogP contribution < -0.4 is 0 Å². The molecule has 0 saturated heterocycles. The Labute approximate surface area is 94.0 Å². The van der Waals surface area contributed by atoms with Gasteiger partial charge in [-0.3, -0.25) is 5.10 Å². The molecule has 0 unspecified atom stereocenters. The second kappa shape index (κ2) is 4.58. The number of nitrogens with one attached hydrogen (secondary N) is 1. The molecule has 4 nitrogen and oxygen atoms in total. The predicted octanol–water partition coefficient (Wildman–Crippen LogP) is 1.77. The zero-order valence-corrected chi connectivity index (χ0v) is 9.07. The number of hydrogen-bond donors (Lipinski definition) is 1. The van der Waals surface area contributed by atoms with E-state index in [1.54, 1.807) is 0 Å². The third-order valence-electron chi connectivity index (χ3n) is 2.27. The van der Waals surface area contributed by atoms with Crippen LogP contribution in [0.15, 0.2) is 24.3 Å². The maximum absolute atomic E-state index is 8.51. The first kappa shape index (κ1) is 10.4. The smallest absolute Gasteiger partial charge is 0.164 e. The molecule has 2 aromatic rings. The van der Waals surface area contributed by atoms with Crippen molar-refractivity contribution >= 4 is 0 Å². The summed E-state index contributed by atoms with van der Waals surface area (Å²) < 4.78 is 0. The van der Waals surface area contributed by atoms with Crippen LogP contribution in [0, 0.1) is 18.3 Å². The molecule has 80 valence electrons. The van der Waals surface area contributed by atoms with Gasteiger partial charge in [-0.1, -0.05) is 29.8 Å². The van der Waals surface area contributed by atoms with E-state index in [9.17, 15) is 0 Å². The van der Waals surface area contributed by atoms with Gasteiger partial charge >= 0.3 is 0 Å². The summed E-state index contributed by atoms with van der Waals surface area (Å²) in [6.07, 6.45) is 0.977. The van der Waals surface area contributed by atoms with Gasteiger partial charge in [0.15, 0.2) is 5.82 Å². The second-order valence-electron chi connectivity index (χ2n) is 3.70. The van der Waals surface area contributed by atoms with Crippen LogP contribution in [0.2, 0.25) is 0 Å². The molecule has 0 aliphatic carbocycles. The standard InChI is InChI=1S/C12H12N4/c1-9-3-2-4-10(7-9)8-12-14-11(5-6-13)15-16-12/h2-4,7H,5,8H2,1H3,(H,14,15,16). The molecule has 0 spiro atoms. The van der Waals surface area contributed by atoms with Gasteiger partial charge in [0.1, 0.15) is 5.82 Å². The number of benzene rings is 1. The minimum Gasteiger partial charge on any atom is -0.263 e. The van der Waals surface area contributed by atoms with Gasteiger partial charge in [0, 0.05) is 6.42 Å². The number of H-pyrrole nitrogens is 1. The molecule has 1 aromatic carbocycles. The molecule has 0 fully saturated rings. The van der Waals surface area contributed by atoms with E-state index in [1.807, 2.05) is 12.1 Å². The van der Waals surface area contributed by atoms with Crippen molar-refractivity contribution in [3.05, 3.63) is 47.0 Å². The summed E-state index contributed by atoms with van der Waals surface area (Å²) >= 11 is 0. The number of aryl methyl sites for hydroxylation is 1. The van der Waals surface area contributed by atoms with Gasteiger partial charge in [-0.2, -0.15) is 10.4 Å². The van der Waals surface area contributed by atoms with Crippen LogP contribution in [0.4, 0.5) is 0 Å². The van der Waals surface area contributed by atoms with Crippen molar-refractivity contribution in [1.82, 2.24) is 15.2 Å². The molecule has 1 N–H and O–H groups in total. The Morgan fingerprint density at radius 1 is 1.44 bits per heavy atom. The SMILES string of the molecule is Cc1cccc(Cc2nc(CC#N)n[nH]2)c1. The van der Waals surface area contributed by atoms with E-state index in [0.29, 0.717) is 5.82 Å². The van der Waals surface area contributed by atoms with Crippen molar-refractivity contribution in [3.63, 3.8) is 0 Å². The summed E-state index contributed by atoms with van der Waals surface area (Å²) in [4.78, 5) is 4.24. The van der Waals surface area contributed by atoms with Gasteiger partial charge in [-0.05, 0) is 12.5 Å². The average Bonchev–Trinajstić information content (AvgIpc) is 2.66. The van der Waals surface area contributed by atoms with Crippen LogP contribution >= 0.6 is 0 Å². The predicted molar refractivity (Wildman–Crippen MR) is 59.7 cm³/mol. The number of rotatable bonds is 3. The van der Waals surface area contributed by atoms with E-state index in [2.05, 4.69) is 40.3 Å². The van der Waals surface area contributed by atoms with E-state index in [0.717, 1.165) is 12.2 Å². The lowest BCUT2D eigenvalue weighted by Gasteiger charge is -1.98. The lowest BCUT2D eigenvalue weighted by molar-refractivity contribution is 0.964. The maximum atomic E-state index is 8.51. The first-order valence-corrected chi connectivity index (χ1v) is 5.10. The first-order valence-electron chi connectivity index (χ1n) is 5.10. The summed E-state index contributed by atoms with van der Waals surface area (Å²) in [6.45, 7) is 2.06. The Morgan fingerprint density at radius 3 is 3.06 bits per heavy atom. The molecule has 0 saturated carbocycles. The van der Waals surface area contributed by atoms with Crippen molar-refractivity contribution in [2.75, 3.05) is 0 Å². The molecule has 0 amide bonds. The Kier molecular flexibility index (Phi) is 2.97. The first-order chi connectivity index (χ1) is 7.78. The van der Waals surface area contributed by atoms with Gasteiger partial charge in [-0.25, -0.2) is 4.98 Å². The third-order valence-corrected chi connectivity index (χ3v) is 2.27. The largest absolute Gasteiger partial charge is 0.263 e. The summed E-state index contributed by atoms with van der Waals surface area (Å²) in [7, 11) is 0. The van der Waals surface area contributed by atoms with Gasteiger partial charge in [-0.15, -0.1) is 0 Å². The molecule has 0 bridgehead atoms. The summed E-state index contributed by atoms with van der Waals surface area (Å²) in [5, 5.41) is 15.3. The highest BCUT2D eigenvalue weighted by atomic mass is 15.2. The van der Waals surface area contributed by atoms with Crippen molar-refractivity contribution < 1.29 is 0 Å². The molecule has 16 heavy (non-hydrogen) atoms. The van der Waals surface area contributed by atoms with Gasteiger partial charge in [0.25, 0.3) is 0 Å². The molecule has 4 heteroatoms. The minimum atomic E-state index is 0.254. The molecule has 0 atom stereocenters. The van der Waals surface area contributed by atoms with Crippen molar-refractivity contribution in [1.29, 1.82) is 5.26 Å². The number of nitriles is 1. The number of aromatic amines is 1. The fourth-order valence-corrected chi connectivity index (χ4v) is 1.58. The van der Waals surface area contributed by atoms with E-state index in [1.165, 1.54) is 11.1 Å². The van der Waals surface area contributed by atoms with Crippen LogP contribution in [0.3, 0.4) is 0 Å². The third kappa shape index (κ3) is 2.45. The van der Waals surface area contributed by atoms with Gasteiger partial charge in [0.2, 0.25) is 0 Å². The zero-order chi connectivity index (χ0) is 11.4. The van der Waals surface area contributed by atoms with E-state index in [-0.39, 0.29) is 6.42 Å². The fraction of sp³-hybridized carbons (Fsp3) is 0.250. The van der Waals surface area contributed by atoms with E-state index >= 15 is 0 Å². The molecule has 0 aliphatic rings. The van der Waals surface area contributed by atoms with E-state index < -0.39 is 0 Å². The number of nitrogens with zero attached hydrogens (tertiary/aromatic N) is 3. The monoisotopic (exact) mass is 212 g/mol. The molecule has 2 rings (SSSR count). The van der Waals surface area contributed by atoms with Gasteiger partial charge < -0.3 is 0 Å². The average molecular weight is 212 g/mol. The Morgan fingerprint density at radius 2 is 2.31 bits per heavy atom. The van der Waals surface area contributed by atoms with Crippen LogP contribution in [0.25, 0.3) is 0 Å². The Hall–Kier alpha value is -2.15. The number of aromatic nitrogens is 3. The topological polar surface area (TPSA) is 65.4 Å². The fourth-order valence-electron chi connectivity index (χ4n) is 1.58. The van der Waals surface area contributed by atoms with Crippen LogP contribution in [0.1, 0.15) is 22.8 Å². The van der Waals surface area contributed by atoms with Crippen molar-refractivity contribution in [3.8, 4) is 6.07 Å². The minimum absolute atomic E-state index is 0.254. The van der Waals surface area contributed by atoms with Crippen molar-refractivity contribution in [2.24, 2.45) is 0 Å². The molecule has 0 radical (unpaired) electrons. The molecule has 1 aromatic heterocycles. The highest BCUT2D eigenvalue weighted by Gasteiger charge is 2.03. The zero-order valence-electron chi connectivity index (χ0n) is 9.07. The summed E-state index contributed by atoms with van der Waals surface area (Å²) in [6, 6.07) is 10.3. The molecule has 0 aliphatic heterocycles. The van der Waals surface area contributed by atoms with Gasteiger partial charge in [0.05, 0.1) is 12.5 Å². The quantitative estimate of drug-likeness (QED) is 0.843. The summed E-state index contributed by atoms with van der Waals surface area (Å²) in [5.74, 6) is 1.36. The highest BCUT2D eigenvalue weighted by molar-refractivity contribution is 5.24. The maximum Gasteiger partial charge on any atom is 0.164 e. The van der Waals surface area contributed by atoms with Crippen LogP contribution in [-0.2, 0) is 12.8 Å². The Balaban J connectivity index is 2.12. The van der Waals surface area contributed by atoms with E-state index in [4.69, 9.17) is 5.26 Å². The second-order valence-corrected chi connectivity index (χ2v) is 3.70. The van der Waals surface area contributed by atoms with Crippen LogP contribution in [0.5, 0.6) is 0 Å². The summed E-state index contributed by atoms with van der Waals surface area (Å²) in [5.41, 5.74) is 2.42. The molecule has 1 heterocycles. The van der Waals surface area contributed by atoms with Crippen LogP contribution in [-0.4, -0.2) is 15.2 Å². The molecular weight excluding hydrogens is 200 g/mol. The lowest BCUT2D eigenvalue weighted by Crippen LogP contribution is -1.91. The molecular formula is C12H12N4. The highest BCUT2D eigenvalue weighted by Crippen LogP contribution is 2.08. The van der Waals surface area contributed by atoms with Crippen molar-refractivity contribution in [2.45, 2.75) is 19.8 Å². The Bertz CT molecular complexity index is 522. The number of hydrogen-bond acceptors (Lipinski definition) is 3. The normalized spacial score (nSPS) is 10.0. The lowest BCUT2D eigenvalue weighted by atomic mass is 10.1.